The summed E-state index contributed by atoms with van der Waals surface area (Å²) >= 11 is 0. The van der Waals surface area contributed by atoms with Gasteiger partial charge in [-0.1, -0.05) is 43.2 Å². The van der Waals surface area contributed by atoms with E-state index in [9.17, 15) is 19.5 Å². The van der Waals surface area contributed by atoms with E-state index in [1.165, 1.54) is 4.90 Å². The molecule has 2 atom stereocenters. The minimum Gasteiger partial charge on any atom is -0.395 e. The number of likely N-dealkylation sites (tertiary alicyclic amines) is 1. The first-order valence-electron chi connectivity index (χ1n) is 9.39. The Hall–Kier alpha value is -2.21. The molecule has 1 aliphatic carbocycles. The molecule has 0 radical (unpaired) electrons. The largest absolute Gasteiger partial charge is 0.395 e. The van der Waals surface area contributed by atoms with E-state index in [0.29, 0.717) is 6.54 Å². The van der Waals surface area contributed by atoms with Gasteiger partial charge in [-0.15, -0.1) is 0 Å². The normalized spacial score (nSPS) is 22.4. The summed E-state index contributed by atoms with van der Waals surface area (Å²) in [7, 11) is 0. The van der Waals surface area contributed by atoms with Gasteiger partial charge in [-0.3, -0.25) is 19.3 Å². The number of aliphatic hydroxyl groups excluding tert-OH is 1. The van der Waals surface area contributed by atoms with Crippen molar-refractivity contribution in [2.24, 2.45) is 11.8 Å². The average molecular weight is 358 g/mol. The van der Waals surface area contributed by atoms with Gasteiger partial charge in [0.15, 0.2) is 0 Å². The summed E-state index contributed by atoms with van der Waals surface area (Å²) < 4.78 is 0. The summed E-state index contributed by atoms with van der Waals surface area (Å²) in [4.78, 5) is 40.4. The van der Waals surface area contributed by atoms with Crippen molar-refractivity contribution >= 4 is 17.7 Å². The first-order chi connectivity index (χ1) is 12.6. The molecule has 6 nitrogen and oxygen atoms in total. The molecule has 0 bridgehead atoms. The van der Waals surface area contributed by atoms with Crippen LogP contribution in [0, 0.1) is 11.8 Å². The number of carbonyl (C=O) groups excluding carboxylic acids is 3. The van der Waals surface area contributed by atoms with Crippen LogP contribution in [0.5, 0.6) is 0 Å². The topological polar surface area (TPSA) is 77.9 Å². The van der Waals surface area contributed by atoms with Gasteiger partial charge in [0.25, 0.3) is 0 Å². The monoisotopic (exact) mass is 358 g/mol. The number of aliphatic hydroxyl groups is 1. The summed E-state index contributed by atoms with van der Waals surface area (Å²) in [6.45, 7) is 0.665. The second-order valence-electron chi connectivity index (χ2n) is 7.10. The third-order valence-electron chi connectivity index (χ3n) is 5.42. The minimum absolute atomic E-state index is 0.101. The number of hydrogen-bond donors (Lipinski definition) is 1. The Morgan fingerprint density at radius 2 is 1.69 bits per heavy atom. The number of amides is 3. The number of benzene rings is 1. The van der Waals surface area contributed by atoms with Gasteiger partial charge in [0.2, 0.25) is 17.7 Å². The maximum atomic E-state index is 12.6. The highest BCUT2D eigenvalue weighted by Crippen LogP contribution is 2.37. The van der Waals surface area contributed by atoms with E-state index in [4.69, 9.17) is 0 Å². The third kappa shape index (κ3) is 3.96. The number of nitrogens with zero attached hydrogens (tertiary/aromatic N) is 2. The van der Waals surface area contributed by atoms with Crippen molar-refractivity contribution < 1.29 is 19.5 Å². The molecule has 3 rings (SSSR count). The fourth-order valence-corrected chi connectivity index (χ4v) is 4.03. The lowest BCUT2D eigenvalue weighted by Gasteiger charge is -2.23. The molecule has 140 valence electrons. The Morgan fingerprint density at radius 3 is 2.27 bits per heavy atom. The van der Waals surface area contributed by atoms with Gasteiger partial charge in [0, 0.05) is 26.1 Å². The van der Waals surface area contributed by atoms with Gasteiger partial charge in [0.05, 0.1) is 18.4 Å². The van der Waals surface area contributed by atoms with Crippen LogP contribution in [0.2, 0.25) is 0 Å². The fraction of sp³-hybridized carbons (Fsp3) is 0.550. The molecule has 1 heterocycles. The summed E-state index contributed by atoms with van der Waals surface area (Å²) in [5, 5.41) is 9.26. The molecule has 1 N–H and O–H groups in total. The highest BCUT2D eigenvalue weighted by Gasteiger charge is 2.47. The molecule has 2 fully saturated rings. The van der Waals surface area contributed by atoms with Crippen LogP contribution in [0.4, 0.5) is 0 Å². The van der Waals surface area contributed by atoms with Crippen molar-refractivity contribution in [2.45, 2.75) is 38.6 Å². The van der Waals surface area contributed by atoms with Crippen LogP contribution in [0.3, 0.4) is 0 Å². The van der Waals surface area contributed by atoms with E-state index in [-0.39, 0.29) is 55.7 Å². The third-order valence-corrected chi connectivity index (χ3v) is 5.42. The molecular weight excluding hydrogens is 332 g/mol. The van der Waals surface area contributed by atoms with Gasteiger partial charge in [-0.2, -0.15) is 0 Å². The molecule has 6 heteroatoms. The molecule has 3 amide bonds. The maximum Gasteiger partial charge on any atom is 0.233 e. The Balaban J connectivity index is 1.59. The number of carbonyl (C=O) groups is 3. The lowest BCUT2D eigenvalue weighted by Crippen LogP contribution is -2.38. The highest BCUT2D eigenvalue weighted by atomic mass is 16.3. The summed E-state index contributed by atoms with van der Waals surface area (Å²) in [5.41, 5.74) is 0.980. The lowest BCUT2D eigenvalue weighted by atomic mass is 9.81. The van der Waals surface area contributed by atoms with E-state index in [0.717, 1.165) is 31.2 Å². The predicted molar refractivity (Wildman–Crippen MR) is 95.7 cm³/mol. The standard InChI is InChI=1S/C20H26N2O4/c23-13-12-21(14-15-6-2-1-3-7-15)18(24)10-11-22-19(25)16-8-4-5-9-17(16)20(22)26/h1-3,6-7,16-17,23H,4-5,8-14H2. The SMILES string of the molecule is O=C(CCN1C(=O)C2CCCCC2C1=O)N(CCO)Cc1ccccc1. The molecule has 0 aromatic heterocycles. The Bertz CT molecular complexity index is 637. The van der Waals surface area contributed by atoms with E-state index >= 15 is 0 Å². The number of rotatable bonds is 7. The molecule has 1 saturated heterocycles. The van der Waals surface area contributed by atoms with Gasteiger partial charge >= 0.3 is 0 Å². The van der Waals surface area contributed by atoms with Gasteiger partial charge in [-0.25, -0.2) is 0 Å². The molecule has 1 aromatic carbocycles. The van der Waals surface area contributed by atoms with Gasteiger partial charge in [0.1, 0.15) is 0 Å². The molecule has 2 unspecified atom stereocenters. The maximum absolute atomic E-state index is 12.6. The van der Waals surface area contributed by atoms with Crippen molar-refractivity contribution in [1.82, 2.24) is 9.80 Å². The van der Waals surface area contributed by atoms with Crippen molar-refractivity contribution in [2.75, 3.05) is 19.7 Å². The number of hydrogen-bond acceptors (Lipinski definition) is 4. The molecule has 26 heavy (non-hydrogen) atoms. The van der Waals surface area contributed by atoms with Crippen molar-refractivity contribution in [3.05, 3.63) is 35.9 Å². The Labute approximate surface area is 153 Å². The molecule has 1 saturated carbocycles. The van der Waals surface area contributed by atoms with E-state index in [1.54, 1.807) is 4.90 Å². The lowest BCUT2D eigenvalue weighted by molar-refractivity contribution is -0.141. The molecular formula is C20H26N2O4. The van der Waals surface area contributed by atoms with Crippen LogP contribution in [-0.2, 0) is 20.9 Å². The first kappa shape index (κ1) is 18.6. The predicted octanol–water partition coefficient (Wildman–Crippen LogP) is 1.57. The molecule has 0 spiro atoms. The smallest absolute Gasteiger partial charge is 0.233 e. The van der Waals surface area contributed by atoms with Crippen LogP contribution >= 0.6 is 0 Å². The van der Waals surface area contributed by atoms with Crippen LogP contribution in [0.25, 0.3) is 0 Å². The first-order valence-corrected chi connectivity index (χ1v) is 9.39. The van der Waals surface area contributed by atoms with Crippen LogP contribution in [0.15, 0.2) is 30.3 Å². The second-order valence-corrected chi connectivity index (χ2v) is 7.10. The number of imide groups is 1. The van der Waals surface area contributed by atoms with E-state index in [2.05, 4.69) is 0 Å². The van der Waals surface area contributed by atoms with Gasteiger partial charge < -0.3 is 10.0 Å². The average Bonchev–Trinajstić information content (AvgIpc) is 2.91. The summed E-state index contributed by atoms with van der Waals surface area (Å²) in [5.74, 6) is -0.722. The zero-order valence-corrected chi connectivity index (χ0v) is 15.0. The Kier molecular flexibility index (Phi) is 6.04. The summed E-state index contributed by atoms with van der Waals surface area (Å²) in [6, 6.07) is 9.57. The van der Waals surface area contributed by atoms with Crippen molar-refractivity contribution in [3.8, 4) is 0 Å². The molecule has 1 aliphatic heterocycles. The quantitative estimate of drug-likeness (QED) is 0.751. The Morgan fingerprint density at radius 1 is 1.08 bits per heavy atom. The van der Waals surface area contributed by atoms with Crippen molar-refractivity contribution in [1.29, 1.82) is 0 Å². The zero-order chi connectivity index (χ0) is 18.5. The molecule has 1 aromatic rings. The van der Waals surface area contributed by atoms with Crippen LogP contribution in [0.1, 0.15) is 37.7 Å². The number of fused-ring (bicyclic) bond motifs is 1. The minimum atomic E-state index is -0.177. The van der Waals surface area contributed by atoms with Crippen LogP contribution in [-0.4, -0.2) is 52.3 Å². The molecule has 2 aliphatic rings. The van der Waals surface area contributed by atoms with Gasteiger partial charge in [-0.05, 0) is 18.4 Å². The van der Waals surface area contributed by atoms with E-state index < -0.39 is 0 Å². The second kappa shape index (κ2) is 8.45. The highest BCUT2D eigenvalue weighted by molar-refractivity contribution is 6.05. The zero-order valence-electron chi connectivity index (χ0n) is 15.0. The van der Waals surface area contributed by atoms with Crippen molar-refractivity contribution in [3.63, 3.8) is 0 Å². The van der Waals surface area contributed by atoms with Crippen LogP contribution < -0.4 is 0 Å². The van der Waals surface area contributed by atoms with E-state index in [1.807, 2.05) is 30.3 Å². The fourth-order valence-electron chi connectivity index (χ4n) is 4.03. The summed E-state index contributed by atoms with van der Waals surface area (Å²) in [6.07, 6.45) is 3.65.